The van der Waals surface area contributed by atoms with Crippen molar-refractivity contribution in [1.29, 1.82) is 0 Å². The molecule has 0 aromatic heterocycles. The molecule has 0 spiro atoms. The average molecular weight is 367 g/mol. The van der Waals surface area contributed by atoms with E-state index >= 15 is 0 Å². The molecule has 1 aliphatic heterocycles. The van der Waals surface area contributed by atoms with Crippen LogP contribution in [0.25, 0.3) is 0 Å². The Hall–Kier alpha value is -1.93. The van der Waals surface area contributed by atoms with E-state index in [2.05, 4.69) is 10.6 Å². The monoisotopic (exact) mass is 367 g/mol. The van der Waals surface area contributed by atoms with Crippen LogP contribution in [0.3, 0.4) is 0 Å². The Kier molecular flexibility index (Phi) is 5.84. The molecule has 25 heavy (non-hydrogen) atoms. The zero-order chi connectivity index (χ0) is 18.7. The Morgan fingerprint density at radius 1 is 1.04 bits per heavy atom. The van der Waals surface area contributed by atoms with Gasteiger partial charge in [0.25, 0.3) is 0 Å². The lowest BCUT2D eigenvalue weighted by Gasteiger charge is -2.19. The van der Waals surface area contributed by atoms with Crippen LogP contribution < -0.4 is 10.6 Å². The van der Waals surface area contributed by atoms with Gasteiger partial charge < -0.3 is 10.6 Å². The molecule has 1 saturated heterocycles. The molecule has 0 saturated carbocycles. The van der Waals surface area contributed by atoms with Crippen molar-refractivity contribution in [1.82, 2.24) is 14.9 Å². The number of nitrogens with zero attached hydrogens (tertiary/aromatic N) is 1. The lowest BCUT2D eigenvalue weighted by molar-refractivity contribution is -0.140. The number of rotatable bonds is 4. The highest BCUT2D eigenvalue weighted by Crippen LogP contribution is 2.21. The Labute approximate surface area is 148 Å². The largest absolute Gasteiger partial charge is 0.344 e. The molecule has 1 aromatic carbocycles. The van der Waals surface area contributed by atoms with Crippen molar-refractivity contribution in [2.24, 2.45) is 0 Å². The first-order chi connectivity index (χ1) is 11.6. The topological polar surface area (TPSA) is 95.6 Å². The highest BCUT2D eigenvalue weighted by atomic mass is 32.2. The molecule has 138 valence electrons. The van der Waals surface area contributed by atoms with E-state index in [4.69, 9.17) is 0 Å². The number of carbonyl (C=O) groups excluding carboxylic acids is 2. The summed E-state index contributed by atoms with van der Waals surface area (Å²) < 4.78 is 26.4. The van der Waals surface area contributed by atoms with Gasteiger partial charge >= 0.3 is 11.8 Å². The summed E-state index contributed by atoms with van der Waals surface area (Å²) in [6, 6.07) is 6.35. The van der Waals surface area contributed by atoms with Crippen LogP contribution in [0.5, 0.6) is 0 Å². The van der Waals surface area contributed by atoms with Crippen LogP contribution in [0, 0.1) is 0 Å². The molecule has 1 aliphatic rings. The van der Waals surface area contributed by atoms with Gasteiger partial charge in [0, 0.05) is 25.2 Å². The van der Waals surface area contributed by atoms with E-state index in [-0.39, 0.29) is 11.4 Å². The third-order valence-corrected chi connectivity index (χ3v) is 5.69. The maximum absolute atomic E-state index is 12.4. The summed E-state index contributed by atoms with van der Waals surface area (Å²) in [7, 11) is -3.44. The van der Waals surface area contributed by atoms with Gasteiger partial charge in [-0.1, -0.05) is 12.1 Å². The number of nitrogens with one attached hydrogen (secondary N) is 2. The summed E-state index contributed by atoms with van der Waals surface area (Å²) in [5.74, 6) is -1.41. The van der Waals surface area contributed by atoms with E-state index in [1.54, 1.807) is 32.9 Å². The zero-order valence-corrected chi connectivity index (χ0v) is 15.6. The summed E-state index contributed by atoms with van der Waals surface area (Å²) in [5.41, 5.74) is 0.234. The van der Waals surface area contributed by atoms with Crippen LogP contribution in [0.2, 0.25) is 0 Å². The Morgan fingerprint density at radius 2 is 1.60 bits per heavy atom. The van der Waals surface area contributed by atoms with Crippen molar-refractivity contribution in [3.8, 4) is 0 Å². The summed E-state index contributed by atoms with van der Waals surface area (Å²) >= 11 is 0. The zero-order valence-electron chi connectivity index (χ0n) is 14.8. The molecular formula is C17H25N3O4S. The number of hydrogen-bond acceptors (Lipinski definition) is 4. The Morgan fingerprint density at radius 3 is 2.12 bits per heavy atom. The number of benzene rings is 1. The lowest BCUT2D eigenvalue weighted by atomic mass is 10.1. The van der Waals surface area contributed by atoms with E-state index in [0.717, 1.165) is 18.4 Å². The van der Waals surface area contributed by atoms with E-state index in [9.17, 15) is 18.0 Å². The predicted molar refractivity (Wildman–Crippen MR) is 94.2 cm³/mol. The van der Waals surface area contributed by atoms with E-state index < -0.39 is 27.4 Å². The van der Waals surface area contributed by atoms with Crippen molar-refractivity contribution in [3.63, 3.8) is 0 Å². The predicted octanol–water partition coefficient (Wildman–Crippen LogP) is 1.00. The van der Waals surface area contributed by atoms with Crippen LogP contribution in [0.4, 0.5) is 0 Å². The highest BCUT2D eigenvalue weighted by Gasteiger charge is 2.27. The van der Waals surface area contributed by atoms with E-state index in [1.807, 2.05) is 0 Å². The molecule has 8 heteroatoms. The van der Waals surface area contributed by atoms with E-state index in [0.29, 0.717) is 13.1 Å². The molecule has 1 fully saturated rings. The molecule has 0 aliphatic carbocycles. The molecule has 2 rings (SSSR count). The molecule has 0 unspecified atom stereocenters. The molecule has 1 aromatic rings. The lowest BCUT2D eigenvalue weighted by Crippen LogP contribution is -2.48. The normalized spacial score (nSPS) is 15.8. The highest BCUT2D eigenvalue weighted by molar-refractivity contribution is 7.89. The van der Waals surface area contributed by atoms with Gasteiger partial charge in [-0.2, -0.15) is 4.31 Å². The smallest absolute Gasteiger partial charge is 0.309 e. The molecule has 2 amide bonds. The van der Waals surface area contributed by atoms with Crippen LogP contribution >= 0.6 is 0 Å². The second-order valence-electron chi connectivity index (χ2n) is 7.14. The van der Waals surface area contributed by atoms with Crippen LogP contribution in [-0.4, -0.2) is 43.2 Å². The summed E-state index contributed by atoms with van der Waals surface area (Å²) in [6.07, 6.45) is 1.78. The molecular weight excluding hydrogens is 342 g/mol. The fourth-order valence-corrected chi connectivity index (χ4v) is 4.03. The third kappa shape index (κ3) is 5.27. The maximum atomic E-state index is 12.4. The van der Waals surface area contributed by atoms with Gasteiger partial charge in [0.1, 0.15) is 0 Å². The Balaban J connectivity index is 1.94. The maximum Gasteiger partial charge on any atom is 0.309 e. The fourth-order valence-electron chi connectivity index (χ4n) is 2.52. The minimum absolute atomic E-state index is 0.153. The molecule has 2 N–H and O–H groups in total. The van der Waals surface area contributed by atoms with Crippen molar-refractivity contribution < 1.29 is 18.0 Å². The van der Waals surface area contributed by atoms with Crippen LogP contribution in [0.15, 0.2) is 29.2 Å². The van der Waals surface area contributed by atoms with Crippen LogP contribution in [0.1, 0.15) is 39.2 Å². The minimum atomic E-state index is -3.44. The third-order valence-electron chi connectivity index (χ3n) is 3.77. The van der Waals surface area contributed by atoms with Crippen LogP contribution in [-0.2, 0) is 26.2 Å². The first kappa shape index (κ1) is 19.4. The van der Waals surface area contributed by atoms with Crippen molar-refractivity contribution in [2.75, 3.05) is 13.1 Å². The van der Waals surface area contributed by atoms with Crippen molar-refractivity contribution in [2.45, 2.75) is 50.6 Å². The minimum Gasteiger partial charge on any atom is -0.344 e. The summed E-state index contributed by atoms with van der Waals surface area (Å²) in [5, 5.41) is 5.10. The number of carbonyl (C=O) groups is 2. The average Bonchev–Trinajstić information content (AvgIpc) is 3.06. The van der Waals surface area contributed by atoms with Gasteiger partial charge in [0.05, 0.1) is 4.90 Å². The van der Waals surface area contributed by atoms with Crippen molar-refractivity contribution >= 4 is 21.8 Å². The summed E-state index contributed by atoms with van der Waals surface area (Å²) in [6.45, 7) is 6.64. The van der Waals surface area contributed by atoms with Gasteiger partial charge in [0.2, 0.25) is 10.0 Å². The first-order valence-corrected chi connectivity index (χ1v) is 9.73. The van der Waals surface area contributed by atoms with Gasteiger partial charge in [-0.25, -0.2) is 8.42 Å². The van der Waals surface area contributed by atoms with Gasteiger partial charge in [-0.05, 0) is 51.3 Å². The molecule has 7 nitrogen and oxygen atoms in total. The Bertz CT molecular complexity index is 730. The second-order valence-corrected chi connectivity index (χ2v) is 9.08. The number of hydrogen-bond donors (Lipinski definition) is 2. The molecule has 1 heterocycles. The summed E-state index contributed by atoms with van der Waals surface area (Å²) in [4.78, 5) is 23.7. The van der Waals surface area contributed by atoms with Crippen molar-refractivity contribution in [3.05, 3.63) is 29.8 Å². The van der Waals surface area contributed by atoms with E-state index in [1.165, 1.54) is 16.4 Å². The van der Waals surface area contributed by atoms with Gasteiger partial charge in [0.15, 0.2) is 0 Å². The quantitative estimate of drug-likeness (QED) is 0.776. The van der Waals surface area contributed by atoms with Gasteiger partial charge in [-0.3, -0.25) is 9.59 Å². The first-order valence-electron chi connectivity index (χ1n) is 8.29. The molecule has 0 radical (unpaired) electrons. The van der Waals surface area contributed by atoms with Gasteiger partial charge in [-0.15, -0.1) is 0 Å². The number of sulfonamides is 1. The second kappa shape index (κ2) is 7.53. The fraction of sp³-hybridized carbons (Fsp3) is 0.529. The molecule has 0 bridgehead atoms. The molecule has 0 atom stereocenters. The standard InChI is InChI=1S/C17H25N3O4S/c1-17(2,3)19-16(22)15(21)18-12-13-6-8-14(9-7-13)25(23,24)20-10-4-5-11-20/h6-9H,4-5,10-12H2,1-3H3,(H,18,21)(H,19,22). The SMILES string of the molecule is CC(C)(C)NC(=O)C(=O)NCc1ccc(S(=O)(=O)N2CCCC2)cc1. The number of amides is 2.